The van der Waals surface area contributed by atoms with Crippen LogP contribution in [0.5, 0.6) is 5.88 Å². The van der Waals surface area contributed by atoms with Gasteiger partial charge in [-0.25, -0.2) is 0 Å². The number of aromatic nitrogens is 2. The molecule has 5 nitrogen and oxygen atoms in total. The first-order valence-electron chi connectivity index (χ1n) is 5.46. The highest BCUT2D eigenvalue weighted by atomic mass is 19.4. The smallest absolute Gasteiger partial charge is 0.394 e. The maximum Gasteiger partial charge on any atom is 0.394 e. The Balaban J connectivity index is 1.78. The third kappa shape index (κ3) is 2.69. The summed E-state index contributed by atoms with van der Waals surface area (Å²) in [6.07, 6.45) is -2.49. The Morgan fingerprint density at radius 2 is 2.17 bits per heavy atom. The van der Waals surface area contributed by atoms with E-state index >= 15 is 0 Å². The van der Waals surface area contributed by atoms with Crippen LogP contribution in [0.2, 0.25) is 0 Å². The molecule has 1 heterocycles. The van der Waals surface area contributed by atoms with Crippen LogP contribution in [0.1, 0.15) is 19.3 Å². The molecular weight excluding hydrogens is 253 g/mol. The molecule has 1 aromatic rings. The van der Waals surface area contributed by atoms with Crippen molar-refractivity contribution in [2.24, 2.45) is 5.41 Å². The average molecular weight is 266 g/mol. The minimum absolute atomic E-state index is 0.0460. The Morgan fingerprint density at radius 1 is 1.44 bits per heavy atom. The Hall–Kier alpha value is -1.44. The number of halogens is 3. The summed E-state index contributed by atoms with van der Waals surface area (Å²) in [4.78, 5) is 5.58. The molecule has 1 N–H and O–H groups in total. The molecule has 0 saturated heterocycles. The van der Waals surface area contributed by atoms with Gasteiger partial charge in [0.05, 0.1) is 18.2 Å². The third-order valence-electron chi connectivity index (χ3n) is 3.02. The van der Waals surface area contributed by atoms with Crippen molar-refractivity contribution < 1.29 is 27.9 Å². The van der Waals surface area contributed by atoms with Gasteiger partial charge in [-0.3, -0.25) is 0 Å². The van der Waals surface area contributed by atoms with Gasteiger partial charge in [-0.1, -0.05) is 5.10 Å². The highest BCUT2D eigenvalue weighted by molar-refractivity contribution is 5.05. The van der Waals surface area contributed by atoms with Gasteiger partial charge in [0.25, 0.3) is 0 Å². The van der Waals surface area contributed by atoms with Gasteiger partial charge in [-0.15, -0.1) is 4.85 Å². The van der Waals surface area contributed by atoms with Crippen LogP contribution >= 0.6 is 0 Å². The maximum absolute atomic E-state index is 12.6. The molecule has 18 heavy (non-hydrogen) atoms. The van der Waals surface area contributed by atoms with E-state index in [1.807, 2.05) is 0 Å². The van der Waals surface area contributed by atoms with Crippen molar-refractivity contribution in [3.05, 3.63) is 12.3 Å². The number of hydrogen-bond acceptors (Lipinski definition) is 4. The number of hydrogen-bond donors (Lipinski definition) is 1. The van der Waals surface area contributed by atoms with Crippen molar-refractivity contribution in [1.29, 1.82) is 0 Å². The lowest BCUT2D eigenvalue weighted by atomic mass is 10.0. The lowest BCUT2D eigenvalue weighted by Gasteiger charge is -2.18. The fourth-order valence-electron chi connectivity index (χ4n) is 1.68. The minimum atomic E-state index is -4.16. The normalized spacial score (nSPS) is 17.6. The van der Waals surface area contributed by atoms with Crippen LogP contribution in [0.15, 0.2) is 12.3 Å². The molecule has 8 heteroatoms. The second kappa shape index (κ2) is 4.68. The van der Waals surface area contributed by atoms with Crippen LogP contribution in [0, 0.1) is 5.41 Å². The van der Waals surface area contributed by atoms with E-state index in [2.05, 4.69) is 9.94 Å². The van der Waals surface area contributed by atoms with E-state index in [-0.39, 0.29) is 31.7 Å². The summed E-state index contributed by atoms with van der Waals surface area (Å²) in [5.41, 5.74) is -1.56. The fraction of sp³-hybridized carbons (Fsp3) is 0.700. The zero-order valence-corrected chi connectivity index (χ0v) is 9.48. The van der Waals surface area contributed by atoms with Crippen LogP contribution in [0.25, 0.3) is 0 Å². The third-order valence-corrected chi connectivity index (χ3v) is 3.02. The minimum Gasteiger partial charge on any atom is -0.476 e. The maximum atomic E-state index is 12.6. The van der Waals surface area contributed by atoms with Crippen LogP contribution in [-0.2, 0) is 0 Å². The number of ether oxygens (including phenoxy) is 1. The van der Waals surface area contributed by atoms with Crippen LogP contribution in [-0.4, -0.2) is 34.6 Å². The summed E-state index contributed by atoms with van der Waals surface area (Å²) in [7, 11) is 0. The monoisotopic (exact) mass is 266 g/mol. The second-order valence-electron chi connectivity index (χ2n) is 4.19. The zero-order valence-electron chi connectivity index (χ0n) is 9.48. The van der Waals surface area contributed by atoms with Crippen LogP contribution < -0.4 is 9.57 Å². The molecule has 102 valence electrons. The molecular formula is C10H13F3N2O3. The molecule has 0 bridgehead atoms. The van der Waals surface area contributed by atoms with Crippen molar-refractivity contribution in [3.8, 4) is 5.88 Å². The summed E-state index contributed by atoms with van der Waals surface area (Å²) in [6, 6.07) is 1.45. The Bertz CT molecular complexity index is 401. The van der Waals surface area contributed by atoms with Gasteiger partial charge in [0.2, 0.25) is 12.7 Å². The number of aliphatic hydroxyl groups excluding tert-OH is 1. The molecule has 1 aromatic heterocycles. The first kappa shape index (κ1) is 13.0. The first-order chi connectivity index (χ1) is 8.47. The molecule has 1 aliphatic carbocycles. The van der Waals surface area contributed by atoms with Gasteiger partial charge in [0.15, 0.2) is 0 Å². The average Bonchev–Trinajstić information content (AvgIpc) is 2.95. The Kier molecular flexibility index (Phi) is 3.38. The van der Waals surface area contributed by atoms with Gasteiger partial charge in [0.1, 0.15) is 0 Å². The highest BCUT2D eigenvalue weighted by Crippen LogP contribution is 2.59. The lowest BCUT2D eigenvalue weighted by molar-refractivity contribution is -0.190. The SMILES string of the molecule is OCOn1ccc(OCCC2(C(F)(F)F)CC2)n1. The molecule has 1 aliphatic rings. The van der Waals surface area contributed by atoms with Crippen molar-refractivity contribution in [2.45, 2.75) is 25.4 Å². The largest absolute Gasteiger partial charge is 0.476 e. The van der Waals surface area contributed by atoms with E-state index in [4.69, 9.17) is 9.84 Å². The standard InChI is InChI=1S/C10H13F3N2O3/c11-10(12,13)9(2-3-9)4-6-17-8-1-5-15(14-8)18-7-16/h1,5,16H,2-4,6-7H2. The van der Waals surface area contributed by atoms with Crippen molar-refractivity contribution in [3.63, 3.8) is 0 Å². The van der Waals surface area contributed by atoms with E-state index in [0.29, 0.717) is 0 Å². The predicted molar refractivity (Wildman–Crippen MR) is 53.7 cm³/mol. The Morgan fingerprint density at radius 3 is 2.72 bits per heavy atom. The summed E-state index contributed by atoms with van der Waals surface area (Å²) in [5.74, 6) is 0.168. The molecule has 0 aliphatic heterocycles. The van der Waals surface area contributed by atoms with Crippen LogP contribution in [0.3, 0.4) is 0 Å². The topological polar surface area (TPSA) is 56.5 Å². The quantitative estimate of drug-likeness (QED) is 0.790. The molecule has 1 fully saturated rings. The molecule has 0 atom stereocenters. The first-order valence-corrected chi connectivity index (χ1v) is 5.46. The van der Waals surface area contributed by atoms with Gasteiger partial charge in [-0.05, 0) is 19.3 Å². The van der Waals surface area contributed by atoms with E-state index in [1.54, 1.807) is 0 Å². The number of rotatable bonds is 6. The van der Waals surface area contributed by atoms with E-state index in [1.165, 1.54) is 12.3 Å². The van der Waals surface area contributed by atoms with E-state index in [0.717, 1.165) is 4.85 Å². The molecule has 0 amide bonds. The Labute approximate surface area is 101 Å². The summed E-state index contributed by atoms with van der Waals surface area (Å²) in [5, 5.41) is 12.2. The number of nitrogens with zero attached hydrogens (tertiary/aromatic N) is 2. The molecule has 0 spiro atoms. The molecule has 0 aromatic carbocycles. The van der Waals surface area contributed by atoms with Crippen molar-refractivity contribution in [1.82, 2.24) is 9.94 Å². The van der Waals surface area contributed by atoms with E-state index in [9.17, 15) is 13.2 Å². The molecule has 1 saturated carbocycles. The van der Waals surface area contributed by atoms with Crippen LogP contribution in [0.4, 0.5) is 13.2 Å². The number of aliphatic hydroxyl groups is 1. The zero-order chi connectivity index (χ0) is 13.2. The second-order valence-corrected chi connectivity index (χ2v) is 4.19. The lowest BCUT2D eigenvalue weighted by Crippen LogP contribution is -2.26. The molecule has 0 radical (unpaired) electrons. The summed E-state index contributed by atoms with van der Waals surface area (Å²) < 4.78 is 42.9. The van der Waals surface area contributed by atoms with Gasteiger partial charge >= 0.3 is 6.18 Å². The fourth-order valence-corrected chi connectivity index (χ4v) is 1.68. The van der Waals surface area contributed by atoms with Crippen molar-refractivity contribution in [2.75, 3.05) is 13.4 Å². The molecule has 2 rings (SSSR count). The highest BCUT2D eigenvalue weighted by Gasteiger charge is 2.62. The van der Waals surface area contributed by atoms with Gasteiger partial charge in [-0.2, -0.15) is 13.2 Å². The van der Waals surface area contributed by atoms with Gasteiger partial charge < -0.3 is 14.7 Å². The van der Waals surface area contributed by atoms with Gasteiger partial charge in [0, 0.05) is 6.07 Å². The predicted octanol–water partition coefficient (Wildman–Crippen LogP) is 1.37. The van der Waals surface area contributed by atoms with E-state index < -0.39 is 18.4 Å². The number of alkyl halides is 3. The van der Waals surface area contributed by atoms with Crippen molar-refractivity contribution >= 4 is 0 Å². The molecule has 0 unspecified atom stereocenters. The summed E-state index contributed by atoms with van der Waals surface area (Å²) >= 11 is 0. The summed E-state index contributed by atoms with van der Waals surface area (Å²) in [6.45, 7) is -0.589.